The zero-order valence-electron chi connectivity index (χ0n) is 5.71. The minimum Gasteiger partial charge on any atom is -0.327 e. The Hall–Kier alpha value is -0.210. The van der Waals surface area contributed by atoms with Gasteiger partial charge in [0, 0.05) is 12.3 Å². The van der Waals surface area contributed by atoms with Gasteiger partial charge in [-0.1, -0.05) is 24.3 Å². The number of hydrogen-bond donors (Lipinski definition) is 1. The molecule has 2 N–H and O–H groups in total. The Kier molecular flexibility index (Phi) is 7.61. The van der Waals surface area contributed by atoms with E-state index in [2.05, 4.69) is 12.3 Å². The standard InChI is InChI=1S/C7H13NS/c1-9-7-5-3-2-4-6-8/h2-5H,6-8H2,1H3/b4-2-,5-3-. The highest BCUT2D eigenvalue weighted by Gasteiger charge is 1.67. The van der Waals surface area contributed by atoms with Gasteiger partial charge < -0.3 is 5.73 Å². The lowest BCUT2D eigenvalue weighted by Crippen LogP contribution is -1.91. The lowest BCUT2D eigenvalue weighted by Gasteiger charge is -1.80. The first-order valence-electron chi connectivity index (χ1n) is 2.92. The molecular formula is C7H13NS. The van der Waals surface area contributed by atoms with Crippen LogP contribution in [0.1, 0.15) is 0 Å². The molecule has 0 aromatic heterocycles. The summed E-state index contributed by atoms with van der Waals surface area (Å²) in [5.74, 6) is 1.08. The lowest BCUT2D eigenvalue weighted by atomic mass is 10.4. The molecule has 0 fully saturated rings. The van der Waals surface area contributed by atoms with E-state index < -0.39 is 0 Å². The predicted molar refractivity (Wildman–Crippen MR) is 45.7 cm³/mol. The van der Waals surface area contributed by atoms with E-state index in [4.69, 9.17) is 5.73 Å². The van der Waals surface area contributed by atoms with Crippen molar-refractivity contribution >= 4 is 11.8 Å². The molecule has 0 aliphatic heterocycles. The summed E-state index contributed by atoms with van der Waals surface area (Å²) in [6, 6.07) is 0. The van der Waals surface area contributed by atoms with Crippen molar-refractivity contribution in [1.29, 1.82) is 0 Å². The largest absolute Gasteiger partial charge is 0.327 e. The molecule has 0 radical (unpaired) electrons. The van der Waals surface area contributed by atoms with Crippen molar-refractivity contribution in [1.82, 2.24) is 0 Å². The minimum absolute atomic E-state index is 0.629. The van der Waals surface area contributed by atoms with Crippen LogP contribution in [0.3, 0.4) is 0 Å². The number of thioether (sulfide) groups is 1. The quantitative estimate of drug-likeness (QED) is 0.602. The molecule has 0 spiro atoms. The molecule has 9 heavy (non-hydrogen) atoms. The third-order valence-electron chi connectivity index (χ3n) is 0.782. The zero-order chi connectivity index (χ0) is 6.95. The summed E-state index contributed by atoms with van der Waals surface area (Å²) < 4.78 is 0. The van der Waals surface area contributed by atoms with Crippen LogP contribution in [0.5, 0.6) is 0 Å². The second-order valence-corrected chi connectivity index (χ2v) is 2.46. The molecule has 0 amide bonds. The Balaban J connectivity index is 3.13. The number of hydrogen-bond acceptors (Lipinski definition) is 2. The Morgan fingerprint density at radius 2 is 2.00 bits per heavy atom. The van der Waals surface area contributed by atoms with Crippen LogP contribution in [0.25, 0.3) is 0 Å². The van der Waals surface area contributed by atoms with Gasteiger partial charge in [-0.15, -0.1) is 0 Å². The van der Waals surface area contributed by atoms with E-state index in [1.807, 2.05) is 30.0 Å². The maximum Gasteiger partial charge on any atom is 0.0113 e. The number of allylic oxidation sites excluding steroid dienone is 2. The minimum atomic E-state index is 0.629. The van der Waals surface area contributed by atoms with Gasteiger partial charge >= 0.3 is 0 Å². The molecule has 0 aromatic carbocycles. The molecule has 0 bridgehead atoms. The van der Waals surface area contributed by atoms with Gasteiger partial charge in [0.2, 0.25) is 0 Å². The lowest BCUT2D eigenvalue weighted by molar-refractivity contribution is 1.25. The monoisotopic (exact) mass is 143 g/mol. The summed E-state index contributed by atoms with van der Waals surface area (Å²) in [5.41, 5.74) is 5.22. The van der Waals surface area contributed by atoms with Crippen molar-refractivity contribution in [2.24, 2.45) is 5.73 Å². The predicted octanol–water partition coefficient (Wildman–Crippen LogP) is 1.42. The van der Waals surface area contributed by atoms with Gasteiger partial charge in [0.25, 0.3) is 0 Å². The van der Waals surface area contributed by atoms with Crippen LogP contribution in [-0.4, -0.2) is 18.6 Å². The fourth-order valence-corrected chi connectivity index (χ4v) is 0.691. The summed E-state index contributed by atoms with van der Waals surface area (Å²) in [6.07, 6.45) is 10.1. The van der Waals surface area contributed by atoms with Crippen LogP contribution in [0.4, 0.5) is 0 Å². The van der Waals surface area contributed by atoms with Crippen molar-refractivity contribution in [3.05, 3.63) is 24.3 Å². The first-order chi connectivity index (χ1) is 4.41. The molecule has 0 saturated carbocycles. The van der Waals surface area contributed by atoms with Crippen molar-refractivity contribution in [3.8, 4) is 0 Å². The maximum atomic E-state index is 5.22. The first kappa shape index (κ1) is 8.79. The van der Waals surface area contributed by atoms with Gasteiger partial charge in [-0.25, -0.2) is 0 Å². The number of nitrogens with two attached hydrogens (primary N) is 1. The van der Waals surface area contributed by atoms with E-state index in [9.17, 15) is 0 Å². The van der Waals surface area contributed by atoms with Gasteiger partial charge in [-0.2, -0.15) is 11.8 Å². The van der Waals surface area contributed by atoms with Crippen molar-refractivity contribution in [2.75, 3.05) is 18.6 Å². The molecule has 0 aliphatic carbocycles. The SMILES string of the molecule is CSC/C=C\C=C/CN. The van der Waals surface area contributed by atoms with E-state index >= 15 is 0 Å². The van der Waals surface area contributed by atoms with E-state index in [1.54, 1.807) is 0 Å². The summed E-state index contributed by atoms with van der Waals surface area (Å²) in [6.45, 7) is 0.629. The zero-order valence-corrected chi connectivity index (χ0v) is 6.53. The molecule has 0 saturated heterocycles. The van der Waals surface area contributed by atoms with Gasteiger partial charge in [0.05, 0.1) is 0 Å². The number of rotatable bonds is 4. The summed E-state index contributed by atoms with van der Waals surface area (Å²) in [4.78, 5) is 0. The second kappa shape index (κ2) is 7.79. The third-order valence-corrected chi connectivity index (χ3v) is 1.31. The molecule has 0 unspecified atom stereocenters. The van der Waals surface area contributed by atoms with Gasteiger partial charge in [0.15, 0.2) is 0 Å². The third kappa shape index (κ3) is 7.79. The summed E-state index contributed by atoms with van der Waals surface area (Å²) >= 11 is 1.81. The van der Waals surface area contributed by atoms with Crippen LogP contribution in [-0.2, 0) is 0 Å². The Morgan fingerprint density at radius 3 is 2.56 bits per heavy atom. The van der Waals surface area contributed by atoms with Crippen LogP contribution < -0.4 is 5.73 Å². The highest BCUT2D eigenvalue weighted by Crippen LogP contribution is 1.90. The van der Waals surface area contributed by atoms with Crippen LogP contribution in [0, 0.1) is 0 Å². The Bertz CT molecular complexity index is 97.1. The van der Waals surface area contributed by atoms with E-state index in [1.165, 1.54) is 0 Å². The van der Waals surface area contributed by atoms with Crippen LogP contribution >= 0.6 is 11.8 Å². The van der Waals surface area contributed by atoms with Gasteiger partial charge in [-0.05, 0) is 6.26 Å². The second-order valence-electron chi connectivity index (χ2n) is 1.55. The molecule has 0 atom stereocenters. The Labute approximate surface area is 61.0 Å². The summed E-state index contributed by atoms with van der Waals surface area (Å²) in [7, 11) is 0. The molecule has 1 nitrogen and oxygen atoms in total. The topological polar surface area (TPSA) is 26.0 Å². The molecule has 0 aliphatic rings. The Morgan fingerprint density at radius 1 is 1.33 bits per heavy atom. The highest BCUT2D eigenvalue weighted by atomic mass is 32.2. The van der Waals surface area contributed by atoms with E-state index in [-0.39, 0.29) is 0 Å². The highest BCUT2D eigenvalue weighted by molar-refractivity contribution is 7.98. The smallest absolute Gasteiger partial charge is 0.0113 e. The fraction of sp³-hybridized carbons (Fsp3) is 0.429. The normalized spacial score (nSPS) is 11.8. The molecular weight excluding hydrogens is 130 g/mol. The van der Waals surface area contributed by atoms with E-state index in [0.717, 1.165) is 5.75 Å². The van der Waals surface area contributed by atoms with Gasteiger partial charge in [0.1, 0.15) is 0 Å². The van der Waals surface area contributed by atoms with E-state index in [0.29, 0.717) is 6.54 Å². The van der Waals surface area contributed by atoms with Crippen molar-refractivity contribution in [2.45, 2.75) is 0 Å². The molecule has 0 aromatic rings. The fourth-order valence-electron chi connectivity index (χ4n) is 0.387. The maximum absolute atomic E-state index is 5.22. The van der Waals surface area contributed by atoms with Crippen LogP contribution in [0.2, 0.25) is 0 Å². The average molecular weight is 143 g/mol. The van der Waals surface area contributed by atoms with Crippen molar-refractivity contribution in [3.63, 3.8) is 0 Å². The van der Waals surface area contributed by atoms with Gasteiger partial charge in [-0.3, -0.25) is 0 Å². The molecule has 52 valence electrons. The molecule has 2 heteroatoms. The molecule has 0 rings (SSSR count). The average Bonchev–Trinajstić information content (AvgIpc) is 1.89. The first-order valence-corrected chi connectivity index (χ1v) is 4.32. The van der Waals surface area contributed by atoms with Crippen molar-refractivity contribution < 1.29 is 0 Å². The molecule has 0 heterocycles. The summed E-state index contributed by atoms with van der Waals surface area (Å²) in [5, 5.41) is 0. The van der Waals surface area contributed by atoms with Crippen LogP contribution in [0.15, 0.2) is 24.3 Å².